The first-order valence-corrected chi connectivity index (χ1v) is 22.2. The van der Waals surface area contributed by atoms with Crippen LogP contribution in [0.2, 0.25) is 0 Å². The quantitative estimate of drug-likeness (QED) is 0.286. The fraction of sp³-hybridized carbons (Fsp3) is 0.595. The number of hydrogen-bond donors (Lipinski definition) is 3. The second-order valence-electron chi connectivity index (χ2n) is 16.6. The number of carbonyl (C=O) groups is 4. The van der Waals surface area contributed by atoms with E-state index in [1.54, 1.807) is 13.2 Å². The molecular formula is C42H53N5O10S. The molecule has 7 atom stereocenters. The van der Waals surface area contributed by atoms with Crippen molar-refractivity contribution < 1.29 is 46.5 Å². The highest BCUT2D eigenvalue weighted by atomic mass is 32.2. The molecule has 5 fully saturated rings. The molecule has 3 heterocycles. The van der Waals surface area contributed by atoms with E-state index in [9.17, 15) is 27.6 Å². The van der Waals surface area contributed by atoms with Crippen LogP contribution in [0.4, 0.5) is 4.79 Å². The summed E-state index contributed by atoms with van der Waals surface area (Å²) in [5, 5.41) is 5.82. The minimum atomic E-state index is -3.91. The zero-order valence-electron chi connectivity index (χ0n) is 33.1. The average molecular weight is 820 g/mol. The van der Waals surface area contributed by atoms with Gasteiger partial charge in [0.1, 0.15) is 41.3 Å². The third-order valence-corrected chi connectivity index (χ3v) is 14.6. The molecule has 2 aliphatic heterocycles. The van der Waals surface area contributed by atoms with Gasteiger partial charge in [-0.05, 0) is 82.6 Å². The number of alkyl carbamates (subject to hydrolysis) is 1. The third kappa shape index (κ3) is 7.95. The molecule has 4 saturated carbocycles. The highest BCUT2D eigenvalue weighted by Gasteiger charge is 2.62. The van der Waals surface area contributed by atoms with Gasteiger partial charge in [-0.25, -0.2) is 18.2 Å². The number of nitrogens with zero attached hydrogens (tertiary/aromatic N) is 2. The summed E-state index contributed by atoms with van der Waals surface area (Å²) < 4.78 is 52.2. The average Bonchev–Trinajstić information content (AvgIpc) is 3.99. The van der Waals surface area contributed by atoms with Crippen molar-refractivity contribution in [2.45, 2.75) is 119 Å². The van der Waals surface area contributed by atoms with E-state index < -0.39 is 68.7 Å². The van der Waals surface area contributed by atoms with Gasteiger partial charge in [-0.1, -0.05) is 31.1 Å². The molecule has 4 bridgehead atoms. The third-order valence-electron chi connectivity index (χ3n) is 12.8. The smallest absolute Gasteiger partial charge is 0.408 e. The molecule has 0 radical (unpaired) electrons. The number of sulfonamides is 1. The maximum absolute atomic E-state index is 14.9. The molecule has 2 aromatic rings. The number of methoxy groups -OCH3 is 1. The molecule has 4 aliphatic carbocycles. The van der Waals surface area contributed by atoms with Crippen molar-refractivity contribution in [3.8, 4) is 17.4 Å². The largest absolute Gasteiger partial charge is 0.496 e. The minimum absolute atomic E-state index is 0.0155. The topological polar surface area (TPSA) is 192 Å². The zero-order valence-corrected chi connectivity index (χ0v) is 33.9. The van der Waals surface area contributed by atoms with Crippen LogP contribution in [-0.4, -0.2) is 97.5 Å². The van der Waals surface area contributed by atoms with Crippen molar-refractivity contribution in [1.29, 1.82) is 0 Å². The van der Waals surface area contributed by atoms with E-state index >= 15 is 0 Å². The van der Waals surface area contributed by atoms with Gasteiger partial charge in [0.05, 0.1) is 31.0 Å². The first kappa shape index (κ1) is 39.9. The highest BCUT2D eigenvalue weighted by molar-refractivity contribution is 7.91. The monoisotopic (exact) mass is 819 g/mol. The minimum Gasteiger partial charge on any atom is -0.496 e. The number of amides is 4. The van der Waals surface area contributed by atoms with E-state index in [-0.39, 0.29) is 37.3 Å². The molecule has 0 spiro atoms. The molecule has 4 amide bonds. The van der Waals surface area contributed by atoms with Crippen LogP contribution in [0, 0.1) is 17.8 Å². The van der Waals surface area contributed by atoms with Gasteiger partial charge in [-0.15, -0.1) is 6.58 Å². The molecule has 15 nitrogen and oxygen atoms in total. The van der Waals surface area contributed by atoms with Crippen molar-refractivity contribution in [3.05, 3.63) is 42.5 Å². The van der Waals surface area contributed by atoms with Gasteiger partial charge in [0.25, 0.3) is 5.91 Å². The van der Waals surface area contributed by atoms with Crippen LogP contribution in [0.15, 0.2) is 36.9 Å². The van der Waals surface area contributed by atoms with Gasteiger partial charge in [0.15, 0.2) is 0 Å². The number of fused-ring (bicyclic) bond motifs is 4. The molecule has 312 valence electrons. The number of rotatable bonds is 10. The second-order valence-corrected chi connectivity index (χ2v) is 18.6. The summed E-state index contributed by atoms with van der Waals surface area (Å²) in [5.74, 6) is -1.18. The van der Waals surface area contributed by atoms with Crippen molar-refractivity contribution in [2.75, 3.05) is 20.3 Å². The van der Waals surface area contributed by atoms with Crippen molar-refractivity contribution in [1.82, 2.24) is 25.2 Å². The molecule has 8 rings (SSSR count). The van der Waals surface area contributed by atoms with Crippen molar-refractivity contribution >= 4 is 50.8 Å². The van der Waals surface area contributed by atoms with Crippen LogP contribution in [0.25, 0.3) is 17.0 Å². The maximum atomic E-state index is 14.9. The summed E-state index contributed by atoms with van der Waals surface area (Å²) >= 11 is 0. The Kier molecular flexibility index (Phi) is 11.1. The highest BCUT2D eigenvalue weighted by Crippen LogP contribution is 2.46. The Hall–Kier alpha value is -4.86. The van der Waals surface area contributed by atoms with Crippen LogP contribution >= 0.6 is 0 Å². The van der Waals surface area contributed by atoms with Crippen molar-refractivity contribution in [3.63, 3.8) is 0 Å². The summed E-state index contributed by atoms with van der Waals surface area (Å²) in [7, 11) is -2.32. The van der Waals surface area contributed by atoms with Crippen LogP contribution in [0.5, 0.6) is 17.4 Å². The number of nitrogens with one attached hydrogen (secondary N) is 3. The standard InChI is InChI=1S/C42H53N5O10S/c1-4-27-22-42(27,40(50)46-58(52,53)29-16-17-29)45-38(48)32-19-28-23-47(32)39(49)37(25-10-6-7-11-25)44-41(51)57-33-15-9-13-24(33)12-8-14-26-18-30-31(20-34(26)54-3)43-36(55-5-2)21-35(30)56-28/h4,8,14,18,20-21,24-25,27-29,32-33,37H,1,5-7,9-13,15-17,19,22-23H2,2-3H3,(H,44,51)(H,45,48)(H,46,50)/t24-,27-,28-,32+,33-,37+,42-/m1/s1. The molecule has 0 unspecified atom stereocenters. The zero-order chi connectivity index (χ0) is 40.8. The van der Waals surface area contributed by atoms with E-state index in [4.69, 9.17) is 23.9 Å². The Morgan fingerprint density at radius 1 is 1.07 bits per heavy atom. The fourth-order valence-electron chi connectivity index (χ4n) is 9.36. The van der Waals surface area contributed by atoms with Crippen LogP contribution < -0.4 is 29.6 Å². The van der Waals surface area contributed by atoms with Gasteiger partial charge in [-0.2, -0.15) is 0 Å². The summed E-state index contributed by atoms with van der Waals surface area (Å²) in [4.78, 5) is 63.0. The molecule has 16 heteroatoms. The van der Waals surface area contributed by atoms with Gasteiger partial charge in [-0.3, -0.25) is 19.1 Å². The van der Waals surface area contributed by atoms with Crippen molar-refractivity contribution in [2.24, 2.45) is 17.8 Å². The molecule has 6 aliphatic rings. The predicted molar refractivity (Wildman–Crippen MR) is 213 cm³/mol. The SMILES string of the molecule is C=C[C@@H]1C[C@]1(NC(=O)[C@@H]1C[C@@H]2CN1C(=O)[C@H](C1CCCC1)NC(=O)O[C@@H]1CCC[C@H]1CC=Cc1cc3c(cc(OCC)nc3cc1OC)O2)C(=O)NS(=O)(=O)C1CC1. The Morgan fingerprint density at radius 2 is 1.84 bits per heavy atom. The number of ether oxygens (including phenoxy) is 4. The van der Waals surface area contributed by atoms with Gasteiger partial charge < -0.3 is 34.5 Å². The van der Waals surface area contributed by atoms with E-state index in [1.807, 2.05) is 25.1 Å². The lowest BCUT2D eigenvalue weighted by Crippen LogP contribution is -2.59. The Balaban J connectivity index is 1.17. The second kappa shape index (κ2) is 16.1. The van der Waals surface area contributed by atoms with Gasteiger partial charge >= 0.3 is 6.09 Å². The van der Waals surface area contributed by atoms with E-state index in [1.165, 1.54) is 11.0 Å². The Labute approximate surface area is 338 Å². The number of aromatic nitrogens is 1. The first-order chi connectivity index (χ1) is 27.9. The summed E-state index contributed by atoms with van der Waals surface area (Å²) in [5.41, 5.74) is -0.202. The number of pyridine rings is 1. The number of benzene rings is 1. The lowest BCUT2D eigenvalue weighted by Gasteiger charge is -2.32. The molecule has 1 aromatic carbocycles. The molecular weight excluding hydrogens is 767 g/mol. The predicted octanol–water partition coefficient (Wildman–Crippen LogP) is 4.53. The Bertz CT molecular complexity index is 2120. The molecule has 58 heavy (non-hydrogen) atoms. The number of allylic oxidation sites excluding steroid dienone is 1. The van der Waals surface area contributed by atoms with Crippen LogP contribution in [0.1, 0.15) is 89.5 Å². The van der Waals surface area contributed by atoms with Crippen LogP contribution in [0.3, 0.4) is 0 Å². The van der Waals surface area contributed by atoms with Crippen LogP contribution in [-0.2, 0) is 29.1 Å². The summed E-state index contributed by atoms with van der Waals surface area (Å²) in [6.07, 6.45) is 11.3. The number of carbonyl (C=O) groups excluding carboxylic acids is 4. The molecule has 3 N–H and O–H groups in total. The molecule has 1 aromatic heterocycles. The summed E-state index contributed by atoms with van der Waals surface area (Å²) in [6.45, 7) is 6.00. The van der Waals surface area contributed by atoms with Gasteiger partial charge in [0.2, 0.25) is 27.7 Å². The fourth-order valence-corrected chi connectivity index (χ4v) is 10.7. The maximum Gasteiger partial charge on any atom is 0.408 e. The normalized spacial score (nSPS) is 30.1. The lowest BCUT2D eigenvalue weighted by atomic mass is 9.96. The van der Waals surface area contributed by atoms with E-state index in [0.29, 0.717) is 73.4 Å². The molecule has 1 saturated heterocycles. The Morgan fingerprint density at radius 3 is 2.55 bits per heavy atom. The van der Waals surface area contributed by atoms with E-state index in [2.05, 4.69) is 28.0 Å². The first-order valence-electron chi connectivity index (χ1n) is 20.7. The summed E-state index contributed by atoms with van der Waals surface area (Å²) in [6, 6.07) is 3.35. The number of hydrogen-bond acceptors (Lipinski definition) is 11. The van der Waals surface area contributed by atoms with Gasteiger partial charge in [0, 0.05) is 35.4 Å². The van der Waals surface area contributed by atoms with E-state index in [0.717, 1.165) is 31.2 Å². The lowest BCUT2D eigenvalue weighted by molar-refractivity contribution is -0.142.